The fraction of sp³-hybridized carbons (Fsp3) is 0.438. The molecule has 2 aromatic rings. The molecule has 0 fully saturated rings. The largest absolute Gasteiger partial charge is 0.478 e. The second kappa shape index (κ2) is 7.04. The summed E-state index contributed by atoms with van der Waals surface area (Å²) < 4.78 is 10.6. The Morgan fingerprint density at radius 2 is 2.21 bits per heavy atom. The Hall–Kier alpha value is -2.35. The number of nitrogen functional groups attached to an aromatic ring is 1. The standard InChI is InChI=1S/C16H20N4O3S/c1-3-22-13-7-12(18-9-19-13)20-6-5-10-11(8-20)24-15(17)14(10)16(21)23-4-2/h7,9H,3-6,8,17H2,1-2H3. The molecule has 0 saturated heterocycles. The van der Waals surface area contributed by atoms with Gasteiger partial charge in [-0.25, -0.2) is 14.8 Å². The number of anilines is 2. The van der Waals surface area contributed by atoms with Crippen molar-refractivity contribution in [2.24, 2.45) is 0 Å². The summed E-state index contributed by atoms with van der Waals surface area (Å²) in [7, 11) is 0. The second-order valence-electron chi connectivity index (χ2n) is 5.28. The molecule has 0 amide bonds. The van der Waals surface area contributed by atoms with Gasteiger partial charge in [-0.15, -0.1) is 11.3 Å². The summed E-state index contributed by atoms with van der Waals surface area (Å²) in [5.74, 6) is 1.04. The van der Waals surface area contributed by atoms with Gasteiger partial charge in [0.25, 0.3) is 0 Å². The first kappa shape index (κ1) is 16.5. The van der Waals surface area contributed by atoms with Gasteiger partial charge in [-0.1, -0.05) is 0 Å². The van der Waals surface area contributed by atoms with Crippen molar-refractivity contribution < 1.29 is 14.3 Å². The summed E-state index contributed by atoms with van der Waals surface area (Å²) in [6, 6.07) is 1.83. The van der Waals surface area contributed by atoms with Gasteiger partial charge in [0.15, 0.2) is 0 Å². The third-order valence-corrected chi connectivity index (χ3v) is 4.85. The molecular formula is C16H20N4O3S. The van der Waals surface area contributed by atoms with Crippen LogP contribution in [0.2, 0.25) is 0 Å². The number of thiophene rings is 1. The Morgan fingerprint density at radius 3 is 2.96 bits per heavy atom. The van der Waals surface area contributed by atoms with E-state index in [2.05, 4.69) is 14.9 Å². The van der Waals surface area contributed by atoms with Crippen molar-refractivity contribution in [3.8, 4) is 5.88 Å². The van der Waals surface area contributed by atoms with Crippen molar-refractivity contribution in [3.63, 3.8) is 0 Å². The van der Waals surface area contributed by atoms with Crippen molar-refractivity contribution in [1.82, 2.24) is 9.97 Å². The van der Waals surface area contributed by atoms with Crippen LogP contribution in [0.5, 0.6) is 5.88 Å². The van der Waals surface area contributed by atoms with Gasteiger partial charge in [-0.3, -0.25) is 0 Å². The van der Waals surface area contributed by atoms with Crippen LogP contribution < -0.4 is 15.4 Å². The quantitative estimate of drug-likeness (QED) is 0.829. The molecule has 2 N–H and O–H groups in total. The smallest absolute Gasteiger partial charge is 0.341 e. The van der Waals surface area contributed by atoms with Crippen LogP contribution in [-0.4, -0.2) is 35.7 Å². The highest BCUT2D eigenvalue weighted by Gasteiger charge is 2.28. The van der Waals surface area contributed by atoms with Crippen LogP contribution in [0.4, 0.5) is 10.8 Å². The maximum absolute atomic E-state index is 12.1. The molecule has 0 aliphatic carbocycles. The zero-order valence-electron chi connectivity index (χ0n) is 13.7. The zero-order chi connectivity index (χ0) is 17.1. The Bertz CT molecular complexity index is 747. The minimum Gasteiger partial charge on any atom is -0.478 e. The van der Waals surface area contributed by atoms with Crippen LogP contribution in [0.3, 0.4) is 0 Å². The van der Waals surface area contributed by atoms with E-state index in [1.54, 1.807) is 6.92 Å². The van der Waals surface area contributed by atoms with E-state index < -0.39 is 0 Å². The Balaban J connectivity index is 1.84. The predicted octanol–water partition coefficient (Wildman–Crippen LogP) is 2.26. The molecule has 0 atom stereocenters. The minimum atomic E-state index is -0.332. The summed E-state index contributed by atoms with van der Waals surface area (Å²) >= 11 is 1.44. The molecule has 0 saturated carbocycles. The number of hydrogen-bond acceptors (Lipinski definition) is 8. The highest BCUT2D eigenvalue weighted by molar-refractivity contribution is 7.16. The first-order chi connectivity index (χ1) is 11.6. The average Bonchev–Trinajstić information content (AvgIpc) is 2.90. The topological polar surface area (TPSA) is 90.6 Å². The summed E-state index contributed by atoms with van der Waals surface area (Å²) in [6.45, 7) is 6.02. The molecule has 0 spiro atoms. The molecule has 24 heavy (non-hydrogen) atoms. The van der Waals surface area contributed by atoms with E-state index in [4.69, 9.17) is 15.2 Å². The van der Waals surface area contributed by atoms with E-state index in [0.717, 1.165) is 29.2 Å². The van der Waals surface area contributed by atoms with Crippen LogP contribution in [0.15, 0.2) is 12.4 Å². The number of aromatic nitrogens is 2. The fourth-order valence-electron chi connectivity index (χ4n) is 2.78. The van der Waals surface area contributed by atoms with Crippen LogP contribution >= 0.6 is 11.3 Å². The SMILES string of the molecule is CCOC(=O)c1c(N)sc2c1CCN(c1cc(OCC)ncn1)C2. The average molecular weight is 348 g/mol. The molecule has 0 radical (unpaired) electrons. The zero-order valence-corrected chi connectivity index (χ0v) is 14.6. The second-order valence-corrected chi connectivity index (χ2v) is 6.42. The lowest BCUT2D eigenvalue weighted by Gasteiger charge is -2.28. The summed E-state index contributed by atoms with van der Waals surface area (Å²) in [6.07, 6.45) is 2.23. The summed E-state index contributed by atoms with van der Waals surface area (Å²) in [5.41, 5.74) is 7.60. The normalized spacial score (nSPS) is 13.5. The predicted molar refractivity (Wildman–Crippen MR) is 92.6 cm³/mol. The first-order valence-electron chi connectivity index (χ1n) is 7.90. The lowest BCUT2D eigenvalue weighted by Crippen LogP contribution is -2.31. The molecule has 1 aliphatic rings. The van der Waals surface area contributed by atoms with E-state index in [1.165, 1.54) is 17.7 Å². The number of carbonyl (C=O) groups excluding carboxylic acids is 1. The molecule has 3 heterocycles. The molecule has 7 nitrogen and oxygen atoms in total. The van der Waals surface area contributed by atoms with E-state index in [1.807, 2.05) is 13.0 Å². The van der Waals surface area contributed by atoms with Gasteiger partial charge in [-0.05, 0) is 25.8 Å². The number of nitrogens with two attached hydrogens (primary N) is 1. The van der Waals surface area contributed by atoms with Crippen LogP contribution in [0.25, 0.3) is 0 Å². The lowest BCUT2D eigenvalue weighted by atomic mass is 10.0. The number of esters is 1. The highest BCUT2D eigenvalue weighted by Crippen LogP contribution is 2.36. The van der Waals surface area contributed by atoms with Gasteiger partial charge in [0.1, 0.15) is 17.1 Å². The molecule has 1 aliphatic heterocycles. The molecule has 0 unspecified atom stereocenters. The maximum atomic E-state index is 12.1. The minimum absolute atomic E-state index is 0.332. The molecule has 2 aromatic heterocycles. The van der Waals surface area contributed by atoms with Gasteiger partial charge in [0, 0.05) is 17.5 Å². The molecule has 128 valence electrons. The van der Waals surface area contributed by atoms with E-state index in [9.17, 15) is 4.79 Å². The molecule has 3 rings (SSSR count). The van der Waals surface area contributed by atoms with Crippen LogP contribution in [0, 0.1) is 0 Å². The molecule has 0 aromatic carbocycles. The van der Waals surface area contributed by atoms with E-state index in [-0.39, 0.29) is 5.97 Å². The van der Waals surface area contributed by atoms with Crippen molar-refractivity contribution in [2.75, 3.05) is 30.4 Å². The van der Waals surface area contributed by atoms with Gasteiger partial charge in [0.05, 0.1) is 25.3 Å². The highest BCUT2D eigenvalue weighted by atomic mass is 32.1. The third kappa shape index (κ3) is 3.14. The van der Waals surface area contributed by atoms with Crippen LogP contribution in [-0.2, 0) is 17.7 Å². The number of rotatable bonds is 5. The van der Waals surface area contributed by atoms with Crippen molar-refractivity contribution in [3.05, 3.63) is 28.4 Å². The van der Waals surface area contributed by atoms with Gasteiger partial charge < -0.3 is 20.1 Å². The number of nitrogens with zero attached hydrogens (tertiary/aromatic N) is 3. The fourth-order valence-corrected chi connectivity index (χ4v) is 3.90. The number of ether oxygens (including phenoxy) is 2. The third-order valence-electron chi connectivity index (χ3n) is 3.81. The van der Waals surface area contributed by atoms with Gasteiger partial charge in [-0.2, -0.15) is 0 Å². The monoisotopic (exact) mass is 348 g/mol. The summed E-state index contributed by atoms with van der Waals surface area (Å²) in [5, 5.41) is 0.526. The lowest BCUT2D eigenvalue weighted by molar-refractivity contribution is 0.0526. The van der Waals surface area contributed by atoms with Crippen LogP contribution in [0.1, 0.15) is 34.6 Å². The number of hydrogen-bond donors (Lipinski definition) is 1. The van der Waals surface area contributed by atoms with Gasteiger partial charge in [0.2, 0.25) is 5.88 Å². The Labute approximate surface area is 144 Å². The molecule has 0 bridgehead atoms. The molecular weight excluding hydrogens is 328 g/mol. The van der Waals surface area contributed by atoms with Crippen molar-refractivity contribution in [1.29, 1.82) is 0 Å². The van der Waals surface area contributed by atoms with Crippen molar-refractivity contribution in [2.45, 2.75) is 26.8 Å². The Morgan fingerprint density at radius 1 is 1.38 bits per heavy atom. The van der Waals surface area contributed by atoms with E-state index >= 15 is 0 Å². The Kier molecular flexibility index (Phi) is 4.84. The van der Waals surface area contributed by atoms with E-state index in [0.29, 0.717) is 36.2 Å². The maximum Gasteiger partial charge on any atom is 0.341 e. The van der Waals surface area contributed by atoms with Gasteiger partial charge >= 0.3 is 5.97 Å². The molecule has 8 heteroatoms. The number of carbonyl (C=O) groups is 1. The summed E-state index contributed by atoms with van der Waals surface area (Å²) in [4.78, 5) is 23.8. The first-order valence-corrected chi connectivity index (χ1v) is 8.72. The number of fused-ring (bicyclic) bond motifs is 1. The van der Waals surface area contributed by atoms with Crippen molar-refractivity contribution >= 4 is 28.1 Å².